The van der Waals surface area contributed by atoms with Gasteiger partial charge in [-0.05, 0) is 12.1 Å². The minimum atomic E-state index is -0.259. The summed E-state index contributed by atoms with van der Waals surface area (Å²) in [4.78, 5) is 13.6. The van der Waals surface area contributed by atoms with Crippen LogP contribution in [0.5, 0.6) is 0 Å². The van der Waals surface area contributed by atoms with E-state index in [1.165, 1.54) is 4.90 Å². The molecule has 106 valence electrons. The van der Waals surface area contributed by atoms with E-state index in [1.807, 2.05) is 51.1 Å². The first-order valence-electron chi connectivity index (χ1n) is 6.45. The number of anilines is 2. The maximum atomic E-state index is 12.1. The van der Waals surface area contributed by atoms with E-state index < -0.39 is 0 Å². The number of nitrogens with one attached hydrogen (secondary N) is 1. The van der Waals surface area contributed by atoms with Gasteiger partial charge in [-0.3, -0.25) is 10.2 Å². The molecule has 0 saturated carbocycles. The minimum absolute atomic E-state index is 0.138. The van der Waals surface area contributed by atoms with E-state index in [2.05, 4.69) is 10.5 Å². The Balaban J connectivity index is 2.07. The van der Waals surface area contributed by atoms with Crippen LogP contribution in [0.1, 0.15) is 26.5 Å². The molecule has 0 saturated heterocycles. The fraction of sp³-hybridized carbons (Fsp3) is 0.333. The molecule has 1 N–H and O–H groups in total. The molecule has 0 unspecified atom stereocenters. The van der Waals surface area contributed by atoms with Gasteiger partial charge in [0, 0.05) is 24.2 Å². The molecule has 1 heterocycles. The summed E-state index contributed by atoms with van der Waals surface area (Å²) in [5, 5.41) is 6.58. The molecule has 0 aliphatic rings. The van der Waals surface area contributed by atoms with E-state index in [9.17, 15) is 4.79 Å². The van der Waals surface area contributed by atoms with Gasteiger partial charge in [-0.1, -0.05) is 44.1 Å². The molecule has 1 aromatic carbocycles. The Morgan fingerprint density at radius 2 is 1.90 bits per heavy atom. The fourth-order valence-electron chi connectivity index (χ4n) is 1.65. The van der Waals surface area contributed by atoms with Crippen LogP contribution in [0, 0.1) is 0 Å². The molecule has 0 aliphatic heterocycles. The number of benzene rings is 1. The Morgan fingerprint density at radius 3 is 2.45 bits per heavy atom. The SMILES string of the molecule is CN(C(=O)Nc1cc(C(C)(C)C)on1)c1ccccc1. The smallest absolute Gasteiger partial charge is 0.327 e. The highest BCUT2D eigenvalue weighted by molar-refractivity contribution is 6.00. The van der Waals surface area contributed by atoms with Crippen molar-refractivity contribution in [3.63, 3.8) is 0 Å². The molecular formula is C15H19N3O2. The van der Waals surface area contributed by atoms with Gasteiger partial charge in [-0.2, -0.15) is 0 Å². The third-order valence-corrected chi connectivity index (χ3v) is 2.93. The van der Waals surface area contributed by atoms with Gasteiger partial charge in [0.25, 0.3) is 0 Å². The summed E-state index contributed by atoms with van der Waals surface area (Å²) in [6.45, 7) is 6.07. The van der Waals surface area contributed by atoms with Crippen molar-refractivity contribution in [2.45, 2.75) is 26.2 Å². The first-order chi connectivity index (χ1) is 9.38. The summed E-state index contributed by atoms with van der Waals surface area (Å²) < 4.78 is 5.23. The first-order valence-corrected chi connectivity index (χ1v) is 6.45. The van der Waals surface area contributed by atoms with E-state index in [0.29, 0.717) is 5.82 Å². The van der Waals surface area contributed by atoms with Gasteiger partial charge in [-0.15, -0.1) is 0 Å². The topological polar surface area (TPSA) is 58.4 Å². The molecule has 0 aliphatic carbocycles. The lowest BCUT2D eigenvalue weighted by atomic mass is 9.93. The van der Waals surface area contributed by atoms with E-state index in [1.54, 1.807) is 13.1 Å². The maximum absolute atomic E-state index is 12.1. The predicted octanol–water partition coefficient (Wildman–Crippen LogP) is 3.64. The second-order valence-corrected chi connectivity index (χ2v) is 5.65. The third kappa shape index (κ3) is 3.17. The van der Waals surface area contributed by atoms with E-state index >= 15 is 0 Å². The van der Waals surface area contributed by atoms with Gasteiger partial charge in [0.05, 0.1) is 0 Å². The van der Waals surface area contributed by atoms with E-state index in [-0.39, 0.29) is 11.4 Å². The summed E-state index contributed by atoms with van der Waals surface area (Å²) in [6.07, 6.45) is 0. The minimum Gasteiger partial charge on any atom is -0.359 e. The van der Waals surface area contributed by atoms with Crippen LogP contribution in [-0.2, 0) is 5.41 Å². The molecule has 0 fully saturated rings. The van der Waals surface area contributed by atoms with E-state index in [4.69, 9.17) is 4.52 Å². The zero-order valence-corrected chi connectivity index (χ0v) is 12.2. The average Bonchev–Trinajstić information content (AvgIpc) is 2.87. The van der Waals surface area contributed by atoms with Gasteiger partial charge in [0.2, 0.25) is 0 Å². The first kappa shape index (κ1) is 14.1. The highest BCUT2D eigenvalue weighted by Crippen LogP contribution is 2.24. The number of aromatic nitrogens is 1. The molecule has 2 amide bonds. The summed E-state index contributed by atoms with van der Waals surface area (Å²) in [7, 11) is 1.70. The lowest BCUT2D eigenvalue weighted by Crippen LogP contribution is -2.31. The maximum Gasteiger partial charge on any atom is 0.327 e. The number of nitrogens with zero attached hydrogens (tertiary/aromatic N) is 2. The number of rotatable bonds is 2. The normalized spacial score (nSPS) is 11.2. The number of carbonyl (C=O) groups excluding carboxylic acids is 1. The molecule has 2 rings (SSSR count). The lowest BCUT2D eigenvalue weighted by molar-refractivity contribution is 0.257. The number of para-hydroxylation sites is 1. The van der Waals surface area contributed by atoms with Crippen molar-refractivity contribution in [2.24, 2.45) is 0 Å². The Labute approximate surface area is 118 Å². The van der Waals surface area contributed by atoms with Gasteiger partial charge >= 0.3 is 6.03 Å². The Morgan fingerprint density at radius 1 is 1.25 bits per heavy atom. The van der Waals surface area contributed by atoms with Crippen molar-refractivity contribution >= 4 is 17.5 Å². The Kier molecular flexibility index (Phi) is 3.79. The molecule has 1 aromatic heterocycles. The van der Waals surface area contributed by atoms with Gasteiger partial charge in [0.15, 0.2) is 5.82 Å². The standard InChI is InChI=1S/C15H19N3O2/c1-15(2,3)12-10-13(17-20-12)16-14(19)18(4)11-8-6-5-7-9-11/h5-10H,1-4H3,(H,16,17,19). The zero-order valence-electron chi connectivity index (χ0n) is 12.2. The van der Waals surface area contributed by atoms with Crippen molar-refractivity contribution in [1.82, 2.24) is 5.16 Å². The van der Waals surface area contributed by atoms with Gasteiger partial charge < -0.3 is 4.52 Å². The summed E-state index contributed by atoms with van der Waals surface area (Å²) in [6, 6.07) is 10.9. The highest BCUT2D eigenvalue weighted by Gasteiger charge is 2.21. The molecule has 2 aromatic rings. The Hall–Kier alpha value is -2.30. The van der Waals surface area contributed by atoms with Gasteiger partial charge in [-0.25, -0.2) is 4.79 Å². The largest absolute Gasteiger partial charge is 0.359 e. The van der Waals surface area contributed by atoms with Crippen LogP contribution in [0.2, 0.25) is 0 Å². The molecule has 0 spiro atoms. The van der Waals surface area contributed by atoms with Crippen LogP contribution in [-0.4, -0.2) is 18.2 Å². The number of urea groups is 1. The molecule has 0 atom stereocenters. The number of hydrogen-bond donors (Lipinski definition) is 1. The predicted molar refractivity (Wildman–Crippen MR) is 79.1 cm³/mol. The van der Waals surface area contributed by atoms with Crippen molar-refractivity contribution in [3.05, 3.63) is 42.2 Å². The third-order valence-electron chi connectivity index (χ3n) is 2.93. The summed E-state index contributed by atoms with van der Waals surface area (Å²) in [5.74, 6) is 1.15. The highest BCUT2D eigenvalue weighted by atomic mass is 16.5. The fourth-order valence-corrected chi connectivity index (χ4v) is 1.65. The zero-order chi connectivity index (χ0) is 14.8. The average molecular weight is 273 g/mol. The van der Waals surface area contributed by atoms with Crippen molar-refractivity contribution in [1.29, 1.82) is 0 Å². The van der Waals surface area contributed by atoms with Crippen LogP contribution in [0.15, 0.2) is 40.9 Å². The number of amides is 2. The molecule has 5 heteroatoms. The molecule has 20 heavy (non-hydrogen) atoms. The summed E-state index contributed by atoms with van der Waals surface area (Å²) in [5.41, 5.74) is 0.672. The van der Waals surface area contributed by atoms with E-state index in [0.717, 1.165) is 11.4 Å². The molecule has 0 radical (unpaired) electrons. The van der Waals surface area contributed by atoms with Crippen LogP contribution in [0.25, 0.3) is 0 Å². The number of hydrogen-bond acceptors (Lipinski definition) is 3. The van der Waals surface area contributed by atoms with Crippen LogP contribution in [0.3, 0.4) is 0 Å². The second-order valence-electron chi connectivity index (χ2n) is 5.65. The van der Waals surface area contributed by atoms with Crippen molar-refractivity contribution < 1.29 is 9.32 Å². The number of carbonyl (C=O) groups is 1. The van der Waals surface area contributed by atoms with Crippen LogP contribution >= 0.6 is 0 Å². The Bertz CT molecular complexity index is 585. The molecular weight excluding hydrogens is 254 g/mol. The van der Waals surface area contributed by atoms with Crippen molar-refractivity contribution in [2.75, 3.05) is 17.3 Å². The monoisotopic (exact) mass is 273 g/mol. The summed E-state index contributed by atoms with van der Waals surface area (Å²) >= 11 is 0. The van der Waals surface area contributed by atoms with Crippen molar-refractivity contribution in [3.8, 4) is 0 Å². The van der Waals surface area contributed by atoms with Crippen LogP contribution < -0.4 is 10.2 Å². The molecule has 5 nitrogen and oxygen atoms in total. The quantitative estimate of drug-likeness (QED) is 0.908. The second kappa shape index (κ2) is 5.36. The molecule has 0 bridgehead atoms. The van der Waals surface area contributed by atoms with Gasteiger partial charge in [0.1, 0.15) is 5.76 Å². The lowest BCUT2D eigenvalue weighted by Gasteiger charge is -2.16. The van der Waals surface area contributed by atoms with Crippen LogP contribution in [0.4, 0.5) is 16.3 Å².